The van der Waals surface area contributed by atoms with Crippen LogP contribution in [-0.2, 0) is 11.3 Å². The number of imidazole rings is 1. The van der Waals surface area contributed by atoms with E-state index in [1.807, 2.05) is 55.5 Å². The fourth-order valence-electron chi connectivity index (χ4n) is 2.54. The highest BCUT2D eigenvalue weighted by molar-refractivity contribution is 7.99. The van der Waals surface area contributed by atoms with Gasteiger partial charge in [0.05, 0.1) is 17.6 Å². The van der Waals surface area contributed by atoms with Gasteiger partial charge in [-0.05, 0) is 24.6 Å². The van der Waals surface area contributed by atoms with Gasteiger partial charge in [0.1, 0.15) is 5.75 Å². The number of nitrogens with one attached hydrogen (secondary N) is 3. The van der Waals surface area contributed by atoms with Crippen LogP contribution in [0.15, 0.2) is 53.7 Å². The lowest BCUT2D eigenvalue weighted by Crippen LogP contribution is -2.39. The van der Waals surface area contributed by atoms with Crippen LogP contribution in [0, 0.1) is 0 Å². The molecule has 3 amide bonds. The summed E-state index contributed by atoms with van der Waals surface area (Å²) in [4.78, 5) is 31.4. The molecule has 2 aromatic carbocycles. The van der Waals surface area contributed by atoms with Gasteiger partial charge < -0.3 is 15.0 Å². The Morgan fingerprint density at radius 3 is 2.79 bits per heavy atom. The zero-order valence-corrected chi connectivity index (χ0v) is 16.3. The van der Waals surface area contributed by atoms with Crippen LogP contribution in [0.2, 0.25) is 0 Å². The third-order valence-corrected chi connectivity index (χ3v) is 4.73. The molecule has 1 aromatic heterocycles. The summed E-state index contributed by atoms with van der Waals surface area (Å²) < 4.78 is 5.48. The van der Waals surface area contributed by atoms with E-state index in [0.717, 1.165) is 27.5 Å². The summed E-state index contributed by atoms with van der Waals surface area (Å²) in [7, 11) is 0. The molecule has 0 saturated carbocycles. The van der Waals surface area contributed by atoms with Crippen LogP contribution in [0.3, 0.4) is 0 Å². The van der Waals surface area contributed by atoms with Crippen LogP contribution in [-0.4, -0.2) is 34.3 Å². The average molecular weight is 398 g/mol. The van der Waals surface area contributed by atoms with Crippen LogP contribution in [0.4, 0.5) is 4.79 Å². The molecule has 0 radical (unpaired) electrons. The highest BCUT2D eigenvalue weighted by atomic mass is 32.2. The van der Waals surface area contributed by atoms with Crippen LogP contribution in [0.5, 0.6) is 5.75 Å². The van der Waals surface area contributed by atoms with Gasteiger partial charge in [0.15, 0.2) is 5.16 Å². The van der Waals surface area contributed by atoms with Gasteiger partial charge in [-0.1, -0.05) is 42.1 Å². The average Bonchev–Trinajstić information content (AvgIpc) is 3.09. The van der Waals surface area contributed by atoms with Crippen molar-refractivity contribution >= 4 is 34.7 Å². The Labute approximate surface area is 167 Å². The third-order valence-electron chi connectivity index (χ3n) is 3.86. The van der Waals surface area contributed by atoms with E-state index >= 15 is 0 Å². The second-order valence-corrected chi connectivity index (χ2v) is 7.05. The zero-order valence-electron chi connectivity index (χ0n) is 15.5. The first-order valence-corrected chi connectivity index (χ1v) is 9.99. The second-order valence-electron chi connectivity index (χ2n) is 5.97. The lowest BCUT2D eigenvalue weighted by Gasteiger charge is -2.06. The first-order chi connectivity index (χ1) is 13.6. The number of H-pyrrole nitrogens is 1. The largest absolute Gasteiger partial charge is 0.494 e. The molecule has 0 spiro atoms. The van der Waals surface area contributed by atoms with E-state index in [-0.39, 0.29) is 12.3 Å². The van der Waals surface area contributed by atoms with Crippen molar-refractivity contribution in [2.75, 3.05) is 12.4 Å². The zero-order chi connectivity index (χ0) is 19.8. The molecule has 28 heavy (non-hydrogen) atoms. The number of carbonyl (C=O) groups excluding carboxylic acids is 2. The van der Waals surface area contributed by atoms with E-state index in [1.165, 1.54) is 11.8 Å². The van der Waals surface area contributed by atoms with Crippen molar-refractivity contribution in [1.82, 2.24) is 20.6 Å². The lowest BCUT2D eigenvalue weighted by molar-refractivity contribution is -0.119. The number of aromatic amines is 1. The number of rotatable bonds is 8. The molecule has 146 valence electrons. The van der Waals surface area contributed by atoms with Crippen molar-refractivity contribution in [3.8, 4) is 5.75 Å². The Morgan fingerprint density at radius 2 is 2.00 bits per heavy atom. The number of nitrogens with zero attached hydrogens (tertiary/aromatic N) is 1. The highest BCUT2D eigenvalue weighted by Gasteiger charge is 2.09. The molecular formula is C20H22N4O3S. The number of ether oxygens (including phenoxy) is 1. The molecule has 3 aromatic rings. The number of imide groups is 1. The van der Waals surface area contributed by atoms with Gasteiger partial charge in [-0.2, -0.15) is 0 Å². The molecule has 3 rings (SSSR count). The van der Waals surface area contributed by atoms with Gasteiger partial charge in [-0.25, -0.2) is 9.78 Å². The Kier molecular flexibility index (Phi) is 6.91. The van der Waals surface area contributed by atoms with Gasteiger partial charge in [0.25, 0.3) is 0 Å². The van der Waals surface area contributed by atoms with Crippen LogP contribution < -0.4 is 15.4 Å². The normalized spacial score (nSPS) is 10.6. The first kappa shape index (κ1) is 19.8. The van der Waals surface area contributed by atoms with E-state index in [0.29, 0.717) is 18.9 Å². The minimum atomic E-state index is -0.494. The Bertz CT molecular complexity index is 943. The van der Waals surface area contributed by atoms with Gasteiger partial charge in [0, 0.05) is 24.8 Å². The molecule has 0 aliphatic carbocycles. The van der Waals surface area contributed by atoms with E-state index in [2.05, 4.69) is 20.6 Å². The van der Waals surface area contributed by atoms with Crippen molar-refractivity contribution < 1.29 is 14.3 Å². The van der Waals surface area contributed by atoms with Crippen LogP contribution in [0.1, 0.15) is 18.9 Å². The van der Waals surface area contributed by atoms with E-state index in [9.17, 15) is 9.59 Å². The molecule has 0 saturated heterocycles. The minimum absolute atomic E-state index is 0.213. The van der Waals surface area contributed by atoms with Crippen molar-refractivity contribution in [2.24, 2.45) is 0 Å². The fourth-order valence-corrected chi connectivity index (χ4v) is 3.37. The second kappa shape index (κ2) is 9.80. The number of thioether (sulfide) groups is 1. The third kappa shape index (κ3) is 5.75. The standard InChI is InChI=1S/C20H22N4O3S/c1-2-27-15-8-9-16-17(12-15)23-20(22-16)28-11-10-18(25)24-19(26)21-13-14-6-4-3-5-7-14/h3-9,12H,2,10-11,13H2,1H3,(H,22,23)(H2,21,24,25,26). The predicted molar refractivity (Wildman–Crippen MR) is 109 cm³/mol. The maximum atomic E-state index is 11.9. The number of benzene rings is 2. The Hall–Kier alpha value is -3.00. The van der Waals surface area contributed by atoms with Crippen LogP contribution in [0.25, 0.3) is 11.0 Å². The predicted octanol–water partition coefficient (Wildman–Crippen LogP) is 3.47. The summed E-state index contributed by atoms with van der Waals surface area (Å²) >= 11 is 1.43. The Balaban J connectivity index is 1.41. The van der Waals surface area contributed by atoms with Gasteiger partial charge in [-0.3, -0.25) is 10.1 Å². The molecule has 1 heterocycles. The molecule has 3 N–H and O–H groups in total. The Morgan fingerprint density at radius 1 is 1.18 bits per heavy atom. The van der Waals surface area contributed by atoms with E-state index in [1.54, 1.807) is 0 Å². The van der Waals surface area contributed by atoms with E-state index < -0.39 is 6.03 Å². The number of hydrogen-bond donors (Lipinski definition) is 3. The molecule has 7 nitrogen and oxygen atoms in total. The maximum Gasteiger partial charge on any atom is 0.321 e. The fraction of sp³-hybridized carbons (Fsp3) is 0.250. The van der Waals surface area contributed by atoms with Gasteiger partial charge in [0.2, 0.25) is 5.91 Å². The van der Waals surface area contributed by atoms with Crippen molar-refractivity contribution in [2.45, 2.75) is 25.0 Å². The number of hydrogen-bond acceptors (Lipinski definition) is 5. The van der Waals surface area contributed by atoms with E-state index in [4.69, 9.17) is 4.74 Å². The quantitative estimate of drug-likeness (QED) is 0.505. The monoisotopic (exact) mass is 398 g/mol. The molecule has 0 atom stereocenters. The molecule has 0 aliphatic heterocycles. The molecule has 8 heteroatoms. The van der Waals surface area contributed by atoms with Gasteiger partial charge >= 0.3 is 6.03 Å². The van der Waals surface area contributed by atoms with Crippen LogP contribution >= 0.6 is 11.8 Å². The summed E-state index contributed by atoms with van der Waals surface area (Å²) in [6.45, 7) is 2.91. The van der Waals surface area contributed by atoms with Gasteiger partial charge in [-0.15, -0.1) is 0 Å². The SMILES string of the molecule is CCOc1ccc2nc(SCCC(=O)NC(=O)NCc3ccccc3)[nH]c2c1. The number of carbonyl (C=O) groups is 2. The molecule has 0 aliphatic rings. The summed E-state index contributed by atoms with van der Waals surface area (Å²) in [5, 5.41) is 5.73. The smallest absolute Gasteiger partial charge is 0.321 e. The summed E-state index contributed by atoms with van der Waals surface area (Å²) in [5.41, 5.74) is 2.70. The number of urea groups is 1. The number of aromatic nitrogens is 2. The van der Waals surface area contributed by atoms with Crippen molar-refractivity contribution in [3.63, 3.8) is 0 Å². The molecular weight excluding hydrogens is 376 g/mol. The van der Waals surface area contributed by atoms with Crippen molar-refractivity contribution in [1.29, 1.82) is 0 Å². The minimum Gasteiger partial charge on any atom is -0.494 e. The number of amides is 3. The first-order valence-electron chi connectivity index (χ1n) is 9.01. The summed E-state index contributed by atoms with van der Waals surface area (Å²) in [5.74, 6) is 0.972. The summed E-state index contributed by atoms with van der Waals surface area (Å²) in [6, 6.07) is 14.7. The molecule has 0 unspecified atom stereocenters. The molecule has 0 bridgehead atoms. The summed E-state index contributed by atoms with van der Waals surface area (Å²) in [6.07, 6.45) is 0.213. The maximum absolute atomic E-state index is 11.9. The molecule has 0 fully saturated rings. The lowest BCUT2D eigenvalue weighted by atomic mass is 10.2. The topological polar surface area (TPSA) is 96.1 Å². The highest BCUT2D eigenvalue weighted by Crippen LogP contribution is 2.23. The van der Waals surface area contributed by atoms with Crippen molar-refractivity contribution in [3.05, 3.63) is 54.1 Å². The number of fused-ring (bicyclic) bond motifs is 1.